The number of ether oxygens (including phenoxy) is 2. The fourth-order valence-electron chi connectivity index (χ4n) is 8.17. The maximum atomic E-state index is 14.3. The first-order valence-electron chi connectivity index (χ1n) is 19.9. The first-order chi connectivity index (χ1) is 26.1. The van der Waals surface area contributed by atoms with Crippen molar-refractivity contribution in [1.82, 2.24) is 30.3 Å². The minimum Gasteiger partial charge on any atom is -0.379 e. The van der Waals surface area contributed by atoms with E-state index in [1.165, 1.54) is 11.3 Å². The van der Waals surface area contributed by atoms with E-state index in [0.29, 0.717) is 19.4 Å². The zero-order valence-electron chi connectivity index (χ0n) is 35.3. The van der Waals surface area contributed by atoms with Gasteiger partial charge in [-0.25, -0.2) is 4.98 Å². The zero-order chi connectivity index (χ0) is 41.0. The summed E-state index contributed by atoms with van der Waals surface area (Å²) in [5.74, 6) is -1.35. The maximum absolute atomic E-state index is 14.3. The molecule has 1 fully saturated rings. The van der Waals surface area contributed by atoms with Crippen molar-refractivity contribution in [2.45, 2.75) is 123 Å². The van der Waals surface area contributed by atoms with Crippen LogP contribution >= 0.6 is 11.3 Å². The Bertz CT molecular complexity index is 1480. The summed E-state index contributed by atoms with van der Waals surface area (Å²) in [6.45, 7) is 14.3. The highest BCUT2D eigenvalue weighted by molar-refractivity contribution is 7.09. The summed E-state index contributed by atoms with van der Waals surface area (Å²) in [7, 11) is 8.66. The largest absolute Gasteiger partial charge is 0.379 e. The number of thiazole rings is 1. The second-order valence-corrected chi connectivity index (χ2v) is 17.0. The molecule has 13 heteroatoms. The molecule has 0 unspecified atom stereocenters. The van der Waals surface area contributed by atoms with Gasteiger partial charge < -0.3 is 29.9 Å². The van der Waals surface area contributed by atoms with E-state index in [9.17, 15) is 19.2 Å². The lowest BCUT2D eigenvalue weighted by Gasteiger charge is -2.41. The van der Waals surface area contributed by atoms with Gasteiger partial charge in [-0.05, 0) is 56.7 Å². The summed E-state index contributed by atoms with van der Waals surface area (Å²) >= 11 is 1.51. The highest BCUT2D eigenvalue weighted by Crippen LogP contribution is 2.30. The summed E-state index contributed by atoms with van der Waals surface area (Å²) in [5.41, 5.74) is 1.09. The van der Waals surface area contributed by atoms with Crippen molar-refractivity contribution in [2.24, 2.45) is 23.7 Å². The van der Waals surface area contributed by atoms with Gasteiger partial charge in [-0.1, -0.05) is 85.2 Å². The van der Waals surface area contributed by atoms with Gasteiger partial charge >= 0.3 is 0 Å². The number of nitrogens with one attached hydrogen (secondary N) is 2. The van der Waals surface area contributed by atoms with E-state index in [1.807, 2.05) is 94.2 Å². The van der Waals surface area contributed by atoms with E-state index < -0.39 is 30.2 Å². The van der Waals surface area contributed by atoms with Crippen molar-refractivity contribution in [3.05, 3.63) is 52.5 Å². The predicted molar refractivity (Wildman–Crippen MR) is 218 cm³/mol. The summed E-state index contributed by atoms with van der Waals surface area (Å²) in [6, 6.07) is 7.83. The van der Waals surface area contributed by atoms with Crippen LogP contribution in [0.3, 0.4) is 0 Å². The molecule has 0 spiro atoms. The van der Waals surface area contributed by atoms with Crippen molar-refractivity contribution < 1.29 is 28.7 Å². The average Bonchev–Trinajstić information content (AvgIpc) is 3.87. The number of benzene rings is 1. The van der Waals surface area contributed by atoms with E-state index in [-0.39, 0.29) is 65.9 Å². The molecule has 0 bridgehead atoms. The molecule has 1 aromatic carbocycles. The SMILES string of the molecule is CC[C@@H](C)[C@@H]([C@@H](CC(=O)N1CCC[C@H]1[C@@H](OC)[C@H](C)C(=O)N[C@@H](Cc1ccccc1)c1nccs1)OC)N(C)C(=O)[C@@H](NC(=O)[C@H](C(C)C)N(C)C)C(C)C. The van der Waals surface area contributed by atoms with Crippen LogP contribution in [0.1, 0.15) is 90.8 Å². The molecule has 3 rings (SSSR count). The Morgan fingerprint density at radius 1 is 0.945 bits per heavy atom. The number of amides is 4. The molecule has 0 aliphatic carbocycles. The van der Waals surface area contributed by atoms with Gasteiger partial charge in [-0.2, -0.15) is 0 Å². The topological polar surface area (TPSA) is 133 Å². The van der Waals surface area contributed by atoms with E-state index in [1.54, 1.807) is 32.4 Å². The number of rotatable bonds is 21. The Morgan fingerprint density at radius 2 is 1.62 bits per heavy atom. The number of aromatic nitrogens is 1. The summed E-state index contributed by atoms with van der Waals surface area (Å²) < 4.78 is 12.1. The quantitative estimate of drug-likeness (QED) is 0.177. The monoisotopic (exact) mass is 784 g/mol. The molecule has 308 valence electrons. The van der Waals surface area contributed by atoms with Crippen molar-refractivity contribution in [1.29, 1.82) is 0 Å². The standard InChI is InChI=1S/C42H68N6O6S/c1-13-28(6)37(47(10)42(52)35(26(2)3)45-40(51)36(27(4)5)46(8)9)33(53-11)25-34(49)48-22-17-20-32(48)38(54-12)29(7)39(50)44-31(41-43-21-23-55-41)24-30-18-15-14-16-19-30/h14-16,18-19,21,23,26-29,31-33,35-38H,13,17,20,22,24-25H2,1-12H3,(H,44,50)(H,45,51)/t28-,29+,31+,32+,33-,35+,36+,37+,38+/m1/s1. The van der Waals surface area contributed by atoms with Crippen LogP contribution in [0.25, 0.3) is 0 Å². The van der Waals surface area contributed by atoms with Gasteiger partial charge in [0.1, 0.15) is 11.0 Å². The lowest BCUT2D eigenvalue weighted by molar-refractivity contribution is -0.148. The lowest BCUT2D eigenvalue weighted by Crippen LogP contribution is -2.59. The molecule has 1 aromatic heterocycles. The highest BCUT2D eigenvalue weighted by atomic mass is 32.1. The van der Waals surface area contributed by atoms with Gasteiger partial charge in [0.05, 0.1) is 48.7 Å². The lowest BCUT2D eigenvalue weighted by atomic mass is 9.89. The second-order valence-electron chi connectivity index (χ2n) is 16.1. The normalized spacial score (nSPS) is 19.0. The number of hydrogen-bond acceptors (Lipinski definition) is 9. The third-order valence-electron chi connectivity index (χ3n) is 11.3. The molecule has 1 aliphatic rings. The number of likely N-dealkylation sites (N-methyl/N-ethyl adjacent to an activating group) is 2. The van der Waals surface area contributed by atoms with Gasteiger partial charge in [0.25, 0.3) is 0 Å². The third-order valence-corrected chi connectivity index (χ3v) is 12.2. The van der Waals surface area contributed by atoms with Gasteiger partial charge in [0.2, 0.25) is 23.6 Å². The molecule has 2 heterocycles. The van der Waals surface area contributed by atoms with Gasteiger partial charge in [0.15, 0.2) is 0 Å². The van der Waals surface area contributed by atoms with Gasteiger partial charge in [0, 0.05) is 39.4 Å². The van der Waals surface area contributed by atoms with Crippen LogP contribution in [0.2, 0.25) is 0 Å². The first kappa shape index (κ1) is 46.0. The van der Waals surface area contributed by atoms with Crippen LogP contribution in [0.5, 0.6) is 0 Å². The van der Waals surface area contributed by atoms with E-state index in [0.717, 1.165) is 23.4 Å². The summed E-state index contributed by atoms with van der Waals surface area (Å²) in [5, 5.41) is 9.02. The van der Waals surface area contributed by atoms with Crippen molar-refractivity contribution in [3.8, 4) is 0 Å². The number of methoxy groups -OCH3 is 2. The second kappa shape index (κ2) is 21.8. The minimum atomic E-state index is -0.751. The molecule has 12 nitrogen and oxygen atoms in total. The Hall–Kier alpha value is -3.39. The molecule has 0 radical (unpaired) electrons. The number of carbonyl (C=O) groups excluding carboxylic acids is 4. The molecular weight excluding hydrogens is 717 g/mol. The van der Waals surface area contributed by atoms with Gasteiger partial charge in [-0.15, -0.1) is 11.3 Å². The van der Waals surface area contributed by atoms with Crippen molar-refractivity contribution in [3.63, 3.8) is 0 Å². The highest BCUT2D eigenvalue weighted by Gasteiger charge is 2.43. The molecule has 2 N–H and O–H groups in total. The molecular formula is C42H68N6O6S. The van der Waals surface area contributed by atoms with Crippen LogP contribution < -0.4 is 10.6 Å². The predicted octanol–water partition coefficient (Wildman–Crippen LogP) is 5.19. The van der Waals surface area contributed by atoms with Gasteiger partial charge in [-0.3, -0.25) is 24.1 Å². The van der Waals surface area contributed by atoms with Crippen LogP contribution in [0.4, 0.5) is 0 Å². The Labute approximate surface area is 334 Å². The Balaban J connectivity index is 1.79. The van der Waals surface area contributed by atoms with Crippen LogP contribution in [-0.4, -0.2) is 122 Å². The first-order valence-corrected chi connectivity index (χ1v) is 20.8. The maximum Gasteiger partial charge on any atom is 0.245 e. The Kier molecular flexibility index (Phi) is 18.2. The van der Waals surface area contributed by atoms with E-state index >= 15 is 0 Å². The average molecular weight is 785 g/mol. The zero-order valence-corrected chi connectivity index (χ0v) is 36.1. The summed E-state index contributed by atoms with van der Waals surface area (Å²) in [6.07, 6.45) is 3.49. The molecule has 0 saturated carbocycles. The third kappa shape index (κ3) is 12.1. The van der Waals surface area contributed by atoms with E-state index in [4.69, 9.17) is 9.47 Å². The molecule has 4 amide bonds. The number of nitrogens with zero attached hydrogens (tertiary/aromatic N) is 4. The molecule has 1 saturated heterocycles. The minimum absolute atomic E-state index is 0.00751. The van der Waals surface area contributed by atoms with Crippen LogP contribution in [0.15, 0.2) is 41.9 Å². The summed E-state index contributed by atoms with van der Waals surface area (Å²) in [4.78, 5) is 65.8. The smallest absolute Gasteiger partial charge is 0.245 e. The molecule has 2 aromatic rings. The van der Waals surface area contributed by atoms with Crippen molar-refractivity contribution >= 4 is 35.0 Å². The number of carbonyl (C=O) groups is 4. The molecule has 55 heavy (non-hydrogen) atoms. The van der Waals surface area contributed by atoms with Crippen molar-refractivity contribution in [2.75, 3.05) is 41.9 Å². The number of hydrogen-bond donors (Lipinski definition) is 2. The van der Waals surface area contributed by atoms with E-state index in [2.05, 4.69) is 29.5 Å². The number of likely N-dealkylation sites (tertiary alicyclic amines) is 1. The molecule has 1 aliphatic heterocycles. The Morgan fingerprint density at radius 3 is 2.15 bits per heavy atom. The van der Waals surface area contributed by atoms with Crippen LogP contribution in [-0.2, 0) is 35.1 Å². The van der Waals surface area contributed by atoms with Crippen LogP contribution in [0, 0.1) is 23.7 Å². The fourth-order valence-corrected chi connectivity index (χ4v) is 8.86. The molecule has 9 atom stereocenters. The fraction of sp³-hybridized carbons (Fsp3) is 0.690.